The van der Waals surface area contributed by atoms with Crippen molar-refractivity contribution in [1.29, 1.82) is 0 Å². The summed E-state index contributed by atoms with van der Waals surface area (Å²) in [5, 5.41) is 9.78. The Morgan fingerprint density at radius 2 is 1.76 bits per heavy atom. The fourth-order valence-electron chi connectivity index (χ4n) is 3.34. The maximum atomic E-state index is 9.61. The molecule has 0 atom stereocenters. The molecule has 3 heterocycles. The van der Waals surface area contributed by atoms with Gasteiger partial charge >= 0.3 is 0 Å². The number of aliphatic hydroxyl groups excluding tert-OH is 1. The third-order valence-electron chi connectivity index (χ3n) is 6.40. The molecule has 0 fully saturated rings. The number of benzene rings is 1. The number of hydrogen-bond donors (Lipinski definition) is 2. The molecule has 0 radical (unpaired) electrons. The number of anilines is 1. The number of fused-ring (bicyclic) bond motifs is 1. The molecule has 4 aromatic rings. The van der Waals surface area contributed by atoms with Crippen LogP contribution in [0, 0.1) is 0 Å². The molecular weight excluding hydrogens is 430 g/mol. The summed E-state index contributed by atoms with van der Waals surface area (Å²) in [6, 6.07) is 15.6. The van der Waals surface area contributed by atoms with Gasteiger partial charge in [0, 0.05) is 11.9 Å². The van der Waals surface area contributed by atoms with E-state index < -0.39 is 8.32 Å². The largest absolute Gasteiger partial charge is 0.413 e. The molecule has 172 valence electrons. The van der Waals surface area contributed by atoms with Gasteiger partial charge in [-0.05, 0) is 60.1 Å². The summed E-state index contributed by atoms with van der Waals surface area (Å²) in [7, 11) is -1.83. The summed E-state index contributed by atoms with van der Waals surface area (Å²) in [4.78, 5) is 13.7. The highest BCUT2D eigenvalue weighted by Gasteiger charge is 2.37. The highest BCUT2D eigenvalue weighted by Crippen LogP contribution is 2.37. The summed E-state index contributed by atoms with van der Waals surface area (Å²) < 4.78 is 8.33. The minimum absolute atomic E-state index is 0.144. The van der Waals surface area contributed by atoms with Gasteiger partial charge in [-0.3, -0.25) is 4.57 Å². The van der Waals surface area contributed by atoms with Crippen LogP contribution in [0.15, 0.2) is 54.7 Å². The minimum atomic E-state index is -1.83. The lowest BCUT2D eigenvalue weighted by molar-refractivity contribution is 0.276. The van der Waals surface area contributed by atoms with E-state index in [-0.39, 0.29) is 11.6 Å². The molecule has 1 aromatic carbocycles. The Labute approximate surface area is 195 Å². The molecule has 7 nitrogen and oxygen atoms in total. The molecule has 4 rings (SSSR count). The van der Waals surface area contributed by atoms with Crippen LogP contribution >= 0.6 is 0 Å². The van der Waals surface area contributed by atoms with E-state index in [0.29, 0.717) is 29.6 Å². The van der Waals surface area contributed by atoms with Crippen LogP contribution < -0.4 is 5.73 Å². The monoisotopic (exact) mass is 461 g/mol. The Kier molecular flexibility index (Phi) is 6.09. The number of hydrogen-bond acceptors (Lipinski definition) is 6. The van der Waals surface area contributed by atoms with Crippen molar-refractivity contribution in [2.75, 3.05) is 5.73 Å². The first-order chi connectivity index (χ1) is 15.6. The van der Waals surface area contributed by atoms with E-state index in [0.717, 1.165) is 22.3 Å². The number of nitrogens with two attached hydrogens (primary N) is 1. The number of aromatic nitrogens is 4. The quantitative estimate of drug-likeness (QED) is 0.389. The van der Waals surface area contributed by atoms with Gasteiger partial charge in [0.15, 0.2) is 19.8 Å². The van der Waals surface area contributed by atoms with Gasteiger partial charge in [0.1, 0.15) is 11.3 Å². The highest BCUT2D eigenvalue weighted by molar-refractivity contribution is 6.74. The lowest BCUT2D eigenvalue weighted by Gasteiger charge is -2.36. The number of aliphatic hydroxyl groups is 1. The van der Waals surface area contributed by atoms with Crippen LogP contribution in [0.5, 0.6) is 0 Å². The summed E-state index contributed by atoms with van der Waals surface area (Å²) >= 11 is 0. The topological polar surface area (TPSA) is 99.1 Å². The fourth-order valence-corrected chi connectivity index (χ4v) is 4.30. The van der Waals surface area contributed by atoms with Gasteiger partial charge < -0.3 is 15.3 Å². The van der Waals surface area contributed by atoms with E-state index >= 15 is 0 Å². The van der Waals surface area contributed by atoms with Gasteiger partial charge in [-0.15, -0.1) is 0 Å². The molecule has 33 heavy (non-hydrogen) atoms. The van der Waals surface area contributed by atoms with Crippen molar-refractivity contribution in [3.05, 3.63) is 66.0 Å². The molecule has 0 saturated carbocycles. The van der Waals surface area contributed by atoms with Crippen LogP contribution in [0.1, 0.15) is 32.0 Å². The molecule has 0 aliphatic heterocycles. The van der Waals surface area contributed by atoms with Gasteiger partial charge in [0.05, 0.1) is 24.5 Å². The van der Waals surface area contributed by atoms with Crippen molar-refractivity contribution in [2.24, 2.45) is 0 Å². The zero-order valence-corrected chi connectivity index (χ0v) is 20.8. The second-order valence-electron chi connectivity index (χ2n) is 9.73. The second-order valence-corrected chi connectivity index (χ2v) is 14.5. The SMILES string of the molecule is CC(C)(C)[Si](C)(C)OCc1ccc(-n2c(-c3cccnc3N)nc3ccc(CO)nc32)cc1. The molecule has 3 aromatic heterocycles. The average molecular weight is 462 g/mol. The molecule has 0 amide bonds. The van der Waals surface area contributed by atoms with Crippen LogP contribution in [-0.4, -0.2) is 32.9 Å². The van der Waals surface area contributed by atoms with E-state index in [4.69, 9.17) is 15.1 Å². The number of rotatable bonds is 6. The number of nitrogens with zero attached hydrogens (tertiary/aromatic N) is 4. The van der Waals surface area contributed by atoms with Gasteiger partial charge in [0.2, 0.25) is 0 Å². The molecule has 0 aliphatic rings. The summed E-state index contributed by atoms with van der Waals surface area (Å²) in [6.45, 7) is 11.7. The van der Waals surface area contributed by atoms with Crippen molar-refractivity contribution >= 4 is 25.3 Å². The van der Waals surface area contributed by atoms with Crippen molar-refractivity contribution in [3.8, 4) is 17.1 Å². The van der Waals surface area contributed by atoms with Gasteiger partial charge in [0.25, 0.3) is 0 Å². The molecule has 0 spiro atoms. The molecule has 0 aliphatic carbocycles. The normalized spacial score (nSPS) is 12.4. The molecule has 0 bridgehead atoms. The Bertz CT molecular complexity index is 1280. The van der Waals surface area contributed by atoms with Gasteiger partial charge in [-0.25, -0.2) is 15.0 Å². The van der Waals surface area contributed by atoms with Gasteiger partial charge in [-0.1, -0.05) is 32.9 Å². The van der Waals surface area contributed by atoms with Crippen LogP contribution in [0.25, 0.3) is 28.2 Å². The van der Waals surface area contributed by atoms with Crippen LogP contribution in [-0.2, 0) is 17.6 Å². The fraction of sp³-hybridized carbons (Fsp3) is 0.320. The molecule has 3 N–H and O–H groups in total. The summed E-state index contributed by atoms with van der Waals surface area (Å²) in [6.07, 6.45) is 1.66. The Balaban J connectivity index is 1.76. The zero-order chi connectivity index (χ0) is 23.8. The Morgan fingerprint density at radius 3 is 2.39 bits per heavy atom. The first kappa shape index (κ1) is 23.1. The highest BCUT2D eigenvalue weighted by atomic mass is 28.4. The first-order valence-electron chi connectivity index (χ1n) is 11.0. The van der Waals surface area contributed by atoms with Crippen molar-refractivity contribution in [1.82, 2.24) is 19.5 Å². The molecule has 8 heteroatoms. The van der Waals surface area contributed by atoms with Crippen molar-refractivity contribution in [2.45, 2.75) is 52.1 Å². The smallest absolute Gasteiger partial charge is 0.192 e. The number of pyridine rings is 2. The van der Waals surface area contributed by atoms with Crippen molar-refractivity contribution in [3.63, 3.8) is 0 Å². The molecular formula is C25H31N5O2Si. The predicted molar refractivity (Wildman–Crippen MR) is 134 cm³/mol. The average Bonchev–Trinajstić information content (AvgIpc) is 3.16. The van der Waals surface area contributed by atoms with E-state index in [1.54, 1.807) is 12.3 Å². The van der Waals surface area contributed by atoms with E-state index in [1.165, 1.54) is 0 Å². The van der Waals surface area contributed by atoms with E-state index in [1.807, 2.05) is 34.9 Å². The maximum absolute atomic E-state index is 9.61. The third kappa shape index (κ3) is 4.55. The van der Waals surface area contributed by atoms with Crippen LogP contribution in [0.2, 0.25) is 18.1 Å². The van der Waals surface area contributed by atoms with Gasteiger partial charge in [-0.2, -0.15) is 0 Å². The number of nitrogen functional groups attached to an aromatic ring is 1. The molecule has 0 unspecified atom stereocenters. The Hall–Kier alpha value is -3.07. The lowest BCUT2D eigenvalue weighted by atomic mass is 10.2. The lowest BCUT2D eigenvalue weighted by Crippen LogP contribution is -2.40. The summed E-state index contributed by atoms with van der Waals surface area (Å²) in [5.41, 5.74) is 10.9. The Morgan fingerprint density at radius 1 is 1.03 bits per heavy atom. The van der Waals surface area contributed by atoms with Crippen LogP contribution in [0.4, 0.5) is 5.82 Å². The third-order valence-corrected chi connectivity index (χ3v) is 10.9. The van der Waals surface area contributed by atoms with E-state index in [9.17, 15) is 5.11 Å². The number of imidazole rings is 1. The van der Waals surface area contributed by atoms with Crippen molar-refractivity contribution < 1.29 is 9.53 Å². The first-order valence-corrected chi connectivity index (χ1v) is 13.9. The summed E-state index contributed by atoms with van der Waals surface area (Å²) in [5.74, 6) is 1.05. The minimum Gasteiger partial charge on any atom is -0.413 e. The molecule has 0 saturated heterocycles. The predicted octanol–water partition coefficient (Wildman–Crippen LogP) is 5.08. The van der Waals surface area contributed by atoms with Crippen LogP contribution in [0.3, 0.4) is 0 Å². The maximum Gasteiger partial charge on any atom is 0.192 e. The standard InChI is InChI=1S/C25H31N5O2Si/c1-25(2,3)33(4,5)32-16-17-8-11-19(12-9-17)30-23(20-7-6-14-27-22(20)26)29-21-13-10-18(15-31)28-24(21)30/h6-14,31H,15-16H2,1-5H3,(H2,26,27). The zero-order valence-electron chi connectivity index (χ0n) is 19.8. The van der Waals surface area contributed by atoms with E-state index in [2.05, 4.69) is 56.0 Å². The second kappa shape index (κ2) is 8.70.